The highest BCUT2D eigenvalue weighted by Crippen LogP contribution is 2.44. The number of amides is 2. The summed E-state index contributed by atoms with van der Waals surface area (Å²) in [6.07, 6.45) is 4.16. The zero-order valence-corrected chi connectivity index (χ0v) is 26.1. The maximum absolute atomic E-state index is 14.2. The van der Waals surface area contributed by atoms with Crippen LogP contribution >= 0.6 is 0 Å². The van der Waals surface area contributed by atoms with Gasteiger partial charge in [0.05, 0.1) is 17.8 Å². The van der Waals surface area contributed by atoms with Gasteiger partial charge in [-0.3, -0.25) is 14.3 Å². The number of allylic oxidation sites excluding steroid dienone is 1. The van der Waals surface area contributed by atoms with Gasteiger partial charge in [-0.2, -0.15) is 0 Å². The molecule has 5 N–H and O–H groups in total. The summed E-state index contributed by atoms with van der Waals surface area (Å²) in [4.78, 5) is 28.8. The van der Waals surface area contributed by atoms with Crippen LogP contribution in [0.2, 0.25) is 0 Å². The molecule has 0 spiro atoms. The van der Waals surface area contributed by atoms with Crippen LogP contribution in [0.15, 0.2) is 41.6 Å². The van der Waals surface area contributed by atoms with Gasteiger partial charge < -0.3 is 21.1 Å². The zero-order chi connectivity index (χ0) is 31.7. The first kappa shape index (κ1) is 35.4. The van der Waals surface area contributed by atoms with Gasteiger partial charge in [-0.05, 0) is 74.4 Å². The summed E-state index contributed by atoms with van der Waals surface area (Å²) in [5, 5.41) is 14.7. The van der Waals surface area contributed by atoms with Crippen LogP contribution in [0.3, 0.4) is 0 Å². The van der Waals surface area contributed by atoms with E-state index in [0.717, 1.165) is 30.9 Å². The molecule has 12 heteroatoms. The highest BCUT2D eigenvalue weighted by molar-refractivity contribution is 7.88. The molecule has 236 valence electrons. The molecule has 9 nitrogen and oxygen atoms in total. The van der Waals surface area contributed by atoms with Crippen molar-refractivity contribution in [2.24, 2.45) is 23.0 Å². The van der Waals surface area contributed by atoms with E-state index in [4.69, 9.17) is 5.73 Å². The average molecular weight is 613 g/mol. The van der Waals surface area contributed by atoms with Gasteiger partial charge >= 0.3 is 0 Å². The quantitative estimate of drug-likeness (QED) is 0.199. The molecule has 0 saturated carbocycles. The Bertz CT molecular complexity index is 1240. The largest absolute Gasteiger partial charge is 0.391 e. The highest BCUT2D eigenvalue weighted by atomic mass is 32.2. The number of hydrogen-bond acceptors (Lipinski definition) is 6. The number of primary amides is 1. The first-order valence-corrected chi connectivity index (χ1v) is 16.3. The maximum Gasteiger partial charge on any atom is 0.249 e. The van der Waals surface area contributed by atoms with Gasteiger partial charge in [-0.1, -0.05) is 27.7 Å². The van der Waals surface area contributed by atoms with Crippen molar-refractivity contribution in [3.63, 3.8) is 0 Å². The van der Waals surface area contributed by atoms with Crippen molar-refractivity contribution in [1.82, 2.24) is 14.9 Å². The summed E-state index contributed by atoms with van der Waals surface area (Å²) in [5.74, 6) is -3.63. The Labute approximate surface area is 248 Å². The third kappa shape index (κ3) is 10.2. The SMILES string of the molecule is CCCN(CCC)C(=O)C1=CC(NS(C)(=O)=O)=CC(C(N)=O)([C@H](Cc2cc(F)cc(F)c2)[C@@H](O)CNCCC(C)C)C1. The number of aliphatic hydroxyl groups excluding tert-OH is 1. The molecule has 1 unspecified atom stereocenters. The number of halogens is 2. The number of carbonyl (C=O) groups is 2. The topological polar surface area (TPSA) is 142 Å². The lowest BCUT2D eigenvalue weighted by atomic mass is 9.63. The van der Waals surface area contributed by atoms with Crippen molar-refractivity contribution < 1.29 is 31.9 Å². The molecular formula is C30H46F2N4O5S. The molecule has 0 radical (unpaired) electrons. The third-order valence-electron chi connectivity index (χ3n) is 7.29. The van der Waals surface area contributed by atoms with Gasteiger partial charge in [-0.15, -0.1) is 0 Å². The molecule has 2 amide bonds. The monoisotopic (exact) mass is 612 g/mol. The number of hydrogen-bond donors (Lipinski definition) is 4. The van der Waals surface area contributed by atoms with Crippen molar-refractivity contribution in [3.05, 3.63) is 58.8 Å². The molecule has 3 atom stereocenters. The molecule has 0 heterocycles. The number of benzene rings is 1. The van der Waals surface area contributed by atoms with Gasteiger partial charge in [0.15, 0.2) is 0 Å². The lowest BCUT2D eigenvalue weighted by Crippen LogP contribution is -2.52. The molecule has 2 rings (SSSR count). The van der Waals surface area contributed by atoms with Crippen LogP contribution < -0.4 is 15.8 Å². The number of nitrogens with two attached hydrogens (primary N) is 1. The van der Waals surface area contributed by atoms with Crippen molar-refractivity contribution in [3.8, 4) is 0 Å². The summed E-state index contributed by atoms with van der Waals surface area (Å²) in [7, 11) is -3.85. The Morgan fingerprint density at radius 1 is 1.12 bits per heavy atom. The Hall–Kier alpha value is -2.83. The number of carbonyl (C=O) groups excluding carboxylic acids is 2. The minimum atomic E-state index is -3.85. The predicted molar refractivity (Wildman–Crippen MR) is 159 cm³/mol. The fourth-order valence-electron chi connectivity index (χ4n) is 5.40. The highest BCUT2D eigenvalue weighted by Gasteiger charge is 2.49. The fraction of sp³-hybridized carbons (Fsp3) is 0.600. The second-order valence-corrected chi connectivity index (χ2v) is 13.3. The smallest absolute Gasteiger partial charge is 0.249 e. The van der Waals surface area contributed by atoms with E-state index in [0.29, 0.717) is 38.4 Å². The predicted octanol–water partition coefficient (Wildman–Crippen LogP) is 3.00. The van der Waals surface area contributed by atoms with E-state index in [-0.39, 0.29) is 42.1 Å². The molecule has 1 aliphatic rings. The van der Waals surface area contributed by atoms with E-state index in [2.05, 4.69) is 23.9 Å². The van der Waals surface area contributed by atoms with Crippen molar-refractivity contribution >= 4 is 21.8 Å². The molecule has 1 aromatic rings. The molecule has 1 aliphatic carbocycles. The summed E-state index contributed by atoms with van der Waals surface area (Å²) in [6, 6.07) is 2.94. The van der Waals surface area contributed by atoms with Gasteiger partial charge in [-0.25, -0.2) is 17.2 Å². The molecule has 0 aromatic heterocycles. The van der Waals surface area contributed by atoms with Crippen LogP contribution in [0.1, 0.15) is 58.9 Å². The molecule has 0 saturated heterocycles. The van der Waals surface area contributed by atoms with Crippen molar-refractivity contribution in [1.29, 1.82) is 0 Å². The standard InChI is InChI=1S/C30H46F2N4O5S/c1-6-10-36(11-7-2)28(38)22-15-25(35-42(5,40)41)18-30(17-22,29(33)39)26(27(37)19-34-9-8-20(3)4)14-21-12-23(31)16-24(32)13-21/h12-13,15-16,18,20,26-27,34-35,37H,6-11,14,17,19H2,1-5H3,(H2,33,39)/t26-,27+,30?/m1/s1. The van der Waals surface area contributed by atoms with Gasteiger partial charge in [0.2, 0.25) is 21.8 Å². The van der Waals surface area contributed by atoms with Crippen LogP contribution in [0.25, 0.3) is 0 Å². The Morgan fingerprint density at radius 3 is 2.21 bits per heavy atom. The normalized spacial score (nSPS) is 18.7. The molecule has 0 fully saturated rings. The van der Waals surface area contributed by atoms with E-state index in [1.807, 2.05) is 13.8 Å². The number of rotatable bonds is 17. The van der Waals surface area contributed by atoms with Crippen LogP contribution in [-0.4, -0.2) is 68.8 Å². The van der Waals surface area contributed by atoms with E-state index < -0.39 is 45.0 Å². The van der Waals surface area contributed by atoms with Crippen LogP contribution in [0, 0.1) is 28.9 Å². The molecular weight excluding hydrogens is 566 g/mol. The molecule has 0 bridgehead atoms. The Morgan fingerprint density at radius 2 is 1.71 bits per heavy atom. The maximum atomic E-state index is 14.2. The van der Waals surface area contributed by atoms with Crippen LogP contribution in [0.4, 0.5) is 8.78 Å². The molecule has 0 aliphatic heterocycles. The second-order valence-electron chi connectivity index (χ2n) is 11.6. The zero-order valence-electron chi connectivity index (χ0n) is 25.3. The number of nitrogens with zero attached hydrogens (tertiary/aromatic N) is 1. The summed E-state index contributed by atoms with van der Waals surface area (Å²) < 4.78 is 55.3. The fourth-order valence-corrected chi connectivity index (χ4v) is 5.94. The minimum Gasteiger partial charge on any atom is -0.391 e. The van der Waals surface area contributed by atoms with Crippen LogP contribution in [-0.2, 0) is 26.0 Å². The van der Waals surface area contributed by atoms with E-state index in [1.165, 1.54) is 12.2 Å². The first-order chi connectivity index (χ1) is 19.6. The van der Waals surface area contributed by atoms with Crippen molar-refractivity contribution in [2.75, 3.05) is 32.4 Å². The number of sulfonamides is 1. The molecule has 1 aromatic carbocycles. The second kappa shape index (κ2) is 15.6. The van der Waals surface area contributed by atoms with E-state index >= 15 is 0 Å². The summed E-state index contributed by atoms with van der Waals surface area (Å²) >= 11 is 0. The summed E-state index contributed by atoms with van der Waals surface area (Å²) in [5.41, 5.74) is 4.52. The number of aliphatic hydroxyl groups is 1. The lowest BCUT2D eigenvalue weighted by molar-refractivity contribution is -0.132. The first-order valence-electron chi connectivity index (χ1n) is 14.5. The Balaban J connectivity index is 2.69. The van der Waals surface area contributed by atoms with E-state index in [1.54, 1.807) is 4.90 Å². The van der Waals surface area contributed by atoms with Crippen molar-refractivity contribution in [2.45, 2.75) is 65.9 Å². The van der Waals surface area contributed by atoms with Crippen LogP contribution in [0.5, 0.6) is 0 Å². The summed E-state index contributed by atoms with van der Waals surface area (Å²) in [6.45, 7) is 9.44. The van der Waals surface area contributed by atoms with Gasteiger partial charge in [0, 0.05) is 42.9 Å². The third-order valence-corrected chi connectivity index (χ3v) is 7.90. The van der Waals surface area contributed by atoms with Gasteiger partial charge in [0.25, 0.3) is 0 Å². The van der Waals surface area contributed by atoms with Gasteiger partial charge in [0.1, 0.15) is 11.6 Å². The lowest BCUT2D eigenvalue weighted by Gasteiger charge is -2.42. The molecule has 42 heavy (non-hydrogen) atoms. The van der Waals surface area contributed by atoms with E-state index in [9.17, 15) is 31.9 Å². The average Bonchev–Trinajstić information content (AvgIpc) is 2.87. The number of nitrogens with one attached hydrogen (secondary N) is 2. The minimum absolute atomic E-state index is 0.0255. The Kier molecular flexibility index (Phi) is 13.1.